The summed E-state index contributed by atoms with van der Waals surface area (Å²) in [6.45, 7) is 3.26. The maximum atomic E-state index is 11.6. The third-order valence-corrected chi connectivity index (χ3v) is 7.96. The molecule has 8 atom stereocenters. The van der Waals surface area contributed by atoms with E-state index in [-0.39, 0.29) is 41.6 Å². The van der Waals surface area contributed by atoms with Gasteiger partial charge in [0.2, 0.25) is 24.6 Å². The summed E-state index contributed by atoms with van der Waals surface area (Å²) in [5.41, 5.74) is 1.86. The van der Waals surface area contributed by atoms with Crippen LogP contribution in [0.1, 0.15) is 31.1 Å². The largest absolute Gasteiger partial charge is 0.504 e. The fraction of sp³-hybridized carbons (Fsp3) is 0.556. The van der Waals surface area contributed by atoms with Crippen molar-refractivity contribution in [1.82, 2.24) is 0 Å². The molecule has 0 aromatic heterocycles. The van der Waals surface area contributed by atoms with E-state index in [2.05, 4.69) is 0 Å². The predicted molar refractivity (Wildman–Crippen MR) is 134 cm³/mol. The molecular weight excluding hydrogens is 516 g/mol. The monoisotopic (exact) mass is 550 g/mol. The summed E-state index contributed by atoms with van der Waals surface area (Å²) in [6.07, 6.45) is -8.04. The van der Waals surface area contributed by atoms with E-state index < -0.39 is 43.4 Å². The molecule has 0 spiro atoms. The maximum absolute atomic E-state index is 11.6. The Morgan fingerprint density at radius 3 is 2.31 bits per heavy atom. The van der Waals surface area contributed by atoms with Gasteiger partial charge in [-0.1, -0.05) is 13.8 Å². The lowest BCUT2D eigenvalue weighted by molar-refractivity contribution is -0.277. The topological polar surface area (TPSA) is 177 Å². The Balaban J connectivity index is 1.69. The number of methoxy groups -OCH3 is 2. The van der Waals surface area contributed by atoms with Crippen molar-refractivity contribution in [1.29, 1.82) is 0 Å². The van der Waals surface area contributed by atoms with Crippen LogP contribution in [0, 0.1) is 11.8 Å². The van der Waals surface area contributed by atoms with Crippen LogP contribution in [0.3, 0.4) is 0 Å². The van der Waals surface area contributed by atoms with Gasteiger partial charge in [-0.25, -0.2) is 0 Å². The molecule has 1 fully saturated rings. The number of hydrogen-bond donors (Lipinski definition) is 6. The molecule has 3 aliphatic rings. The van der Waals surface area contributed by atoms with Gasteiger partial charge < -0.3 is 59.1 Å². The Hall–Kier alpha value is -3.00. The van der Waals surface area contributed by atoms with E-state index in [1.54, 1.807) is 12.1 Å². The lowest BCUT2D eigenvalue weighted by atomic mass is 9.76. The minimum atomic E-state index is -1.66. The van der Waals surface area contributed by atoms with E-state index in [0.717, 1.165) is 0 Å². The van der Waals surface area contributed by atoms with Crippen LogP contribution in [-0.4, -0.2) is 89.0 Å². The molecule has 5 rings (SSSR count). The van der Waals surface area contributed by atoms with Crippen molar-refractivity contribution >= 4 is 0 Å². The predicted octanol–water partition coefficient (Wildman–Crippen LogP) is 0.846. The van der Waals surface area contributed by atoms with Crippen molar-refractivity contribution < 1.29 is 59.1 Å². The SMILES string of the molecule is COc1c(O[C@@H]2O[C@H](CO)[C@@H](O)[C@H](O)[C@H]2O)cc2c(c1O)-c1c(cc3c(c1OC)OCO3)[C@H](O)[C@H](C)[C@H](C)C2. The first-order valence-electron chi connectivity index (χ1n) is 12.7. The van der Waals surface area contributed by atoms with E-state index >= 15 is 0 Å². The van der Waals surface area contributed by atoms with Gasteiger partial charge in [0.25, 0.3) is 0 Å². The highest BCUT2D eigenvalue weighted by Crippen LogP contribution is 2.58. The van der Waals surface area contributed by atoms with Crippen molar-refractivity contribution in [2.75, 3.05) is 27.6 Å². The summed E-state index contributed by atoms with van der Waals surface area (Å²) < 4.78 is 33.9. The van der Waals surface area contributed by atoms with Crippen LogP contribution >= 0.6 is 0 Å². The Morgan fingerprint density at radius 1 is 0.923 bits per heavy atom. The average molecular weight is 551 g/mol. The van der Waals surface area contributed by atoms with Gasteiger partial charge in [0, 0.05) is 11.1 Å². The second-order valence-corrected chi connectivity index (χ2v) is 10.2. The summed E-state index contributed by atoms with van der Waals surface area (Å²) >= 11 is 0. The molecule has 0 bridgehead atoms. The number of phenolic OH excluding ortho intramolecular Hbond substituents is 1. The highest BCUT2D eigenvalue weighted by atomic mass is 16.7. The smallest absolute Gasteiger partial charge is 0.231 e. The number of aromatic hydroxyl groups is 1. The lowest BCUT2D eigenvalue weighted by Gasteiger charge is -2.39. The molecule has 1 aliphatic carbocycles. The lowest BCUT2D eigenvalue weighted by Crippen LogP contribution is -2.60. The number of aliphatic hydroxyl groups excluding tert-OH is 5. The van der Waals surface area contributed by atoms with Crippen LogP contribution in [0.2, 0.25) is 0 Å². The number of ether oxygens (including phenoxy) is 6. The van der Waals surface area contributed by atoms with Gasteiger partial charge in [0.1, 0.15) is 24.4 Å². The molecule has 2 heterocycles. The molecule has 12 nitrogen and oxygen atoms in total. The van der Waals surface area contributed by atoms with Crippen LogP contribution in [0.25, 0.3) is 11.1 Å². The third-order valence-electron chi connectivity index (χ3n) is 7.96. The molecule has 39 heavy (non-hydrogen) atoms. The molecule has 0 radical (unpaired) electrons. The van der Waals surface area contributed by atoms with Gasteiger partial charge in [0.15, 0.2) is 23.0 Å². The number of aliphatic hydroxyl groups is 5. The average Bonchev–Trinajstić information content (AvgIpc) is 3.40. The molecule has 2 aliphatic heterocycles. The van der Waals surface area contributed by atoms with Crippen molar-refractivity contribution in [3.63, 3.8) is 0 Å². The van der Waals surface area contributed by atoms with Crippen LogP contribution in [0.5, 0.6) is 34.5 Å². The van der Waals surface area contributed by atoms with Gasteiger partial charge in [-0.2, -0.15) is 0 Å². The molecule has 1 saturated heterocycles. The van der Waals surface area contributed by atoms with Crippen molar-refractivity contribution in [2.24, 2.45) is 11.8 Å². The van der Waals surface area contributed by atoms with Gasteiger partial charge in [-0.15, -0.1) is 0 Å². The fourth-order valence-corrected chi connectivity index (χ4v) is 5.54. The molecular formula is C27H34O12. The molecule has 214 valence electrons. The van der Waals surface area contributed by atoms with Crippen LogP contribution in [0.15, 0.2) is 12.1 Å². The summed E-state index contributed by atoms with van der Waals surface area (Å²) in [4.78, 5) is 0. The van der Waals surface area contributed by atoms with Crippen LogP contribution < -0.4 is 23.7 Å². The summed E-state index contributed by atoms with van der Waals surface area (Å²) in [5, 5.41) is 63.4. The minimum Gasteiger partial charge on any atom is -0.504 e. The Morgan fingerprint density at radius 2 is 1.64 bits per heavy atom. The zero-order chi connectivity index (χ0) is 28.2. The number of hydrogen-bond acceptors (Lipinski definition) is 12. The summed E-state index contributed by atoms with van der Waals surface area (Å²) in [7, 11) is 2.78. The quantitative estimate of drug-likeness (QED) is 0.310. The molecule has 6 N–H and O–H groups in total. The number of fused-ring (bicyclic) bond motifs is 4. The first-order chi connectivity index (χ1) is 18.6. The van der Waals surface area contributed by atoms with Gasteiger partial charge in [-0.05, 0) is 41.5 Å². The number of rotatable bonds is 5. The summed E-state index contributed by atoms with van der Waals surface area (Å²) in [5.74, 6) is 0.352. The standard InChI is InChI=1S/C27H34O12/c1-10-5-12-6-15(38-27-23(33)22(32)20(30)16(8-28)39-27)24(34-3)21(31)17(12)18-13(19(29)11(10)2)7-14-25(26(18)35-4)37-9-36-14/h6-7,10-11,16,19-20,22-23,27-33H,5,8-9H2,1-4H3/t10-,11-,16-,19-,20-,22+,23-,27-/m1/s1. The molecule has 2 aromatic carbocycles. The fourth-order valence-electron chi connectivity index (χ4n) is 5.54. The molecule has 0 unspecified atom stereocenters. The van der Waals surface area contributed by atoms with Crippen LogP contribution in [0.4, 0.5) is 0 Å². The van der Waals surface area contributed by atoms with Gasteiger partial charge in [0.05, 0.1) is 26.9 Å². The minimum absolute atomic E-state index is 0.000291. The number of phenols is 1. The summed E-state index contributed by atoms with van der Waals surface area (Å²) in [6, 6.07) is 3.32. The zero-order valence-corrected chi connectivity index (χ0v) is 22.0. The highest BCUT2D eigenvalue weighted by molar-refractivity contribution is 5.88. The third kappa shape index (κ3) is 4.41. The van der Waals surface area contributed by atoms with Crippen molar-refractivity contribution in [2.45, 2.75) is 57.1 Å². The normalized spacial score (nSPS) is 31.5. The number of benzene rings is 2. The molecule has 0 amide bonds. The molecule has 0 saturated carbocycles. The Labute approximate surface area is 224 Å². The zero-order valence-electron chi connectivity index (χ0n) is 22.0. The van der Waals surface area contributed by atoms with Gasteiger partial charge in [-0.3, -0.25) is 0 Å². The van der Waals surface area contributed by atoms with Crippen molar-refractivity contribution in [3.8, 4) is 45.6 Å². The van der Waals surface area contributed by atoms with E-state index in [4.69, 9.17) is 28.4 Å². The molecule has 2 aromatic rings. The van der Waals surface area contributed by atoms with Crippen LogP contribution in [-0.2, 0) is 11.2 Å². The maximum Gasteiger partial charge on any atom is 0.231 e. The second-order valence-electron chi connectivity index (χ2n) is 10.2. The highest BCUT2D eigenvalue weighted by Gasteiger charge is 2.45. The Bertz CT molecular complexity index is 1230. The van der Waals surface area contributed by atoms with E-state index in [1.165, 1.54) is 14.2 Å². The molecule has 12 heteroatoms. The first-order valence-corrected chi connectivity index (χ1v) is 12.7. The second kappa shape index (κ2) is 10.5. The van der Waals surface area contributed by atoms with E-state index in [1.807, 2.05) is 13.8 Å². The first kappa shape index (κ1) is 27.6. The van der Waals surface area contributed by atoms with Gasteiger partial charge >= 0.3 is 0 Å². The van der Waals surface area contributed by atoms with E-state index in [9.17, 15) is 30.6 Å². The van der Waals surface area contributed by atoms with Crippen molar-refractivity contribution in [3.05, 3.63) is 23.3 Å². The van der Waals surface area contributed by atoms with E-state index in [0.29, 0.717) is 40.2 Å². The Kier molecular flexibility index (Phi) is 7.44.